The molecule has 208 valence electrons. The van der Waals surface area contributed by atoms with E-state index in [1.165, 1.54) is 17.7 Å². The van der Waals surface area contributed by atoms with Gasteiger partial charge < -0.3 is 19.7 Å². The second-order valence-corrected chi connectivity index (χ2v) is 11.1. The average molecular weight is 543 g/mol. The van der Waals surface area contributed by atoms with E-state index in [4.69, 9.17) is 9.52 Å². The van der Waals surface area contributed by atoms with E-state index in [1.807, 2.05) is 26.8 Å². The zero-order chi connectivity index (χ0) is 28.0. The maximum atomic E-state index is 13.2. The number of imide groups is 1. The van der Waals surface area contributed by atoms with Gasteiger partial charge in [0.05, 0.1) is 39.5 Å². The lowest BCUT2D eigenvalue weighted by Gasteiger charge is -2.18. The van der Waals surface area contributed by atoms with E-state index in [0.29, 0.717) is 53.2 Å². The van der Waals surface area contributed by atoms with Crippen LogP contribution in [0.25, 0.3) is 0 Å². The number of aromatic nitrogens is 2. The summed E-state index contributed by atoms with van der Waals surface area (Å²) in [5, 5.41) is 7.50. The number of rotatable bonds is 9. The largest absolute Gasteiger partial charge is 0.382 e. The van der Waals surface area contributed by atoms with Gasteiger partial charge in [-0.3, -0.25) is 24.3 Å². The van der Waals surface area contributed by atoms with Gasteiger partial charge >= 0.3 is 0 Å². The van der Waals surface area contributed by atoms with Gasteiger partial charge in [0.25, 0.3) is 17.4 Å². The predicted octanol–water partition coefficient (Wildman–Crippen LogP) is 3.78. The van der Waals surface area contributed by atoms with Crippen LogP contribution in [0.15, 0.2) is 38.7 Å². The molecule has 1 saturated heterocycles. The van der Waals surface area contributed by atoms with Crippen molar-refractivity contribution in [2.45, 2.75) is 58.9 Å². The number of aryl methyl sites for hydroxylation is 2. The fraction of sp³-hybridized carbons (Fsp3) is 0.433. The summed E-state index contributed by atoms with van der Waals surface area (Å²) in [5.74, 6) is 0.280. The van der Waals surface area contributed by atoms with E-state index < -0.39 is 0 Å². The van der Waals surface area contributed by atoms with E-state index in [2.05, 4.69) is 20.4 Å². The first-order valence-corrected chi connectivity index (χ1v) is 14.0. The van der Waals surface area contributed by atoms with Crippen molar-refractivity contribution >= 4 is 28.9 Å². The molecule has 1 atom stereocenters. The van der Waals surface area contributed by atoms with Crippen molar-refractivity contribution in [2.75, 3.05) is 31.5 Å². The SMILES string of the molecule is Cc1noc(C)c1CC(C)Nc1cc[nH]c(=O)c1C1=Nc2cc3c(cc2C1)C(=O)N(CCCN1CCCC1)C3=O. The van der Waals surface area contributed by atoms with Gasteiger partial charge in [0, 0.05) is 30.8 Å². The Morgan fingerprint density at radius 1 is 1.07 bits per heavy atom. The highest BCUT2D eigenvalue weighted by molar-refractivity contribution is 6.22. The first kappa shape index (κ1) is 26.2. The molecule has 0 saturated carbocycles. The van der Waals surface area contributed by atoms with Crippen LogP contribution in [0.4, 0.5) is 11.4 Å². The van der Waals surface area contributed by atoms with Crippen LogP contribution in [0, 0.1) is 13.8 Å². The number of H-pyrrole nitrogens is 1. The molecule has 6 rings (SSSR count). The molecule has 0 spiro atoms. The summed E-state index contributed by atoms with van der Waals surface area (Å²) in [5.41, 5.74) is 5.70. The normalized spacial score (nSPS) is 17.4. The third-order valence-corrected chi connectivity index (χ3v) is 8.18. The number of amides is 2. The van der Waals surface area contributed by atoms with Crippen LogP contribution in [0.2, 0.25) is 0 Å². The zero-order valence-electron chi connectivity index (χ0n) is 23.2. The standard InChI is InChI=1S/C30H34N6O4/c1-17(13-21-18(2)34-40-19(21)3)32-24-7-8-31-28(37)27(24)26-15-20-14-22-23(16-25(20)33-26)30(39)36(29(22)38)12-6-11-35-9-4-5-10-35/h7-8,14,16-17H,4-6,9-13,15H2,1-3H3,(H2,31,32,37). The summed E-state index contributed by atoms with van der Waals surface area (Å²) >= 11 is 0. The van der Waals surface area contributed by atoms with Gasteiger partial charge in [0.1, 0.15) is 5.76 Å². The van der Waals surface area contributed by atoms with Gasteiger partial charge in [0.15, 0.2) is 0 Å². The molecular weight excluding hydrogens is 508 g/mol. The van der Waals surface area contributed by atoms with Crippen LogP contribution in [-0.4, -0.2) is 69.7 Å². The molecule has 3 aliphatic rings. The van der Waals surface area contributed by atoms with Crippen LogP contribution >= 0.6 is 0 Å². The Labute approximate surface area is 232 Å². The highest BCUT2D eigenvalue weighted by Gasteiger charge is 2.37. The predicted molar refractivity (Wildman–Crippen MR) is 152 cm³/mol. The van der Waals surface area contributed by atoms with Crippen LogP contribution in [0.5, 0.6) is 0 Å². The minimum atomic E-state index is -0.263. The summed E-state index contributed by atoms with van der Waals surface area (Å²) in [6, 6.07) is 5.32. The Morgan fingerprint density at radius 3 is 2.55 bits per heavy atom. The number of pyridine rings is 1. The minimum absolute atomic E-state index is 0.00257. The van der Waals surface area contributed by atoms with Gasteiger partial charge in [-0.2, -0.15) is 0 Å². The van der Waals surface area contributed by atoms with E-state index in [0.717, 1.165) is 48.6 Å². The quantitative estimate of drug-likeness (QED) is 0.394. The second kappa shape index (κ2) is 10.5. The number of nitrogens with one attached hydrogen (secondary N) is 2. The lowest BCUT2D eigenvalue weighted by Crippen LogP contribution is -2.33. The van der Waals surface area contributed by atoms with Crippen LogP contribution < -0.4 is 10.9 Å². The van der Waals surface area contributed by atoms with Crippen molar-refractivity contribution in [2.24, 2.45) is 4.99 Å². The number of aliphatic imine (C=N–C) groups is 1. The molecule has 0 radical (unpaired) electrons. The third kappa shape index (κ3) is 4.77. The molecule has 1 aromatic carbocycles. The average Bonchev–Trinajstić information content (AvgIpc) is 3.70. The molecule has 10 heteroatoms. The molecule has 2 amide bonds. The molecule has 40 heavy (non-hydrogen) atoms. The van der Waals surface area contributed by atoms with E-state index >= 15 is 0 Å². The fourth-order valence-electron chi connectivity index (χ4n) is 6.09. The van der Waals surface area contributed by atoms with Crippen molar-refractivity contribution in [3.05, 3.63) is 74.0 Å². The molecule has 1 fully saturated rings. The van der Waals surface area contributed by atoms with Gasteiger partial charge in [-0.15, -0.1) is 0 Å². The molecule has 0 bridgehead atoms. The second-order valence-electron chi connectivity index (χ2n) is 11.1. The molecule has 10 nitrogen and oxygen atoms in total. The van der Waals surface area contributed by atoms with E-state index in [1.54, 1.807) is 18.3 Å². The summed E-state index contributed by atoms with van der Waals surface area (Å²) in [7, 11) is 0. The Morgan fingerprint density at radius 2 is 1.82 bits per heavy atom. The summed E-state index contributed by atoms with van der Waals surface area (Å²) in [6.45, 7) is 9.36. The third-order valence-electron chi connectivity index (χ3n) is 8.18. The highest BCUT2D eigenvalue weighted by Crippen LogP contribution is 2.36. The topological polar surface area (TPSA) is 124 Å². The molecule has 3 aliphatic heterocycles. The van der Waals surface area contributed by atoms with Crippen molar-refractivity contribution in [1.29, 1.82) is 0 Å². The van der Waals surface area contributed by atoms with Crippen molar-refractivity contribution in [3.63, 3.8) is 0 Å². The number of carbonyl (C=O) groups is 2. The number of hydrogen-bond donors (Lipinski definition) is 2. The molecular formula is C30H34N6O4. The number of hydrogen-bond acceptors (Lipinski definition) is 8. The molecule has 1 unspecified atom stereocenters. The first-order chi connectivity index (χ1) is 19.3. The summed E-state index contributed by atoms with van der Waals surface area (Å²) in [6.07, 6.45) is 5.91. The molecule has 2 aromatic heterocycles. The van der Waals surface area contributed by atoms with Gasteiger partial charge in [0.2, 0.25) is 0 Å². The number of nitrogens with zero attached hydrogens (tertiary/aromatic N) is 4. The van der Waals surface area contributed by atoms with Gasteiger partial charge in [-0.1, -0.05) is 5.16 Å². The molecule has 0 aliphatic carbocycles. The monoisotopic (exact) mass is 542 g/mol. The van der Waals surface area contributed by atoms with Crippen LogP contribution in [0.1, 0.15) is 75.0 Å². The van der Waals surface area contributed by atoms with E-state index in [-0.39, 0.29) is 23.4 Å². The molecule has 3 aromatic rings. The lowest BCUT2D eigenvalue weighted by atomic mass is 9.99. The van der Waals surface area contributed by atoms with Crippen molar-refractivity contribution < 1.29 is 14.1 Å². The Balaban J connectivity index is 1.20. The number of anilines is 1. The lowest BCUT2D eigenvalue weighted by molar-refractivity contribution is 0.0648. The summed E-state index contributed by atoms with van der Waals surface area (Å²) < 4.78 is 5.30. The molecule has 2 N–H and O–H groups in total. The van der Waals surface area contributed by atoms with Crippen LogP contribution in [-0.2, 0) is 12.8 Å². The summed E-state index contributed by atoms with van der Waals surface area (Å²) in [4.78, 5) is 50.6. The number of likely N-dealkylation sites (tertiary alicyclic amines) is 1. The maximum absolute atomic E-state index is 13.2. The maximum Gasteiger partial charge on any atom is 0.261 e. The Bertz CT molecular complexity index is 1560. The minimum Gasteiger partial charge on any atom is -0.382 e. The Hall–Kier alpha value is -4.05. The molecule has 5 heterocycles. The first-order valence-electron chi connectivity index (χ1n) is 14.0. The Kier molecular flexibility index (Phi) is 6.87. The van der Waals surface area contributed by atoms with Crippen LogP contribution in [0.3, 0.4) is 0 Å². The number of carbonyl (C=O) groups excluding carboxylic acids is 2. The van der Waals surface area contributed by atoms with E-state index in [9.17, 15) is 14.4 Å². The number of aromatic amines is 1. The van der Waals surface area contributed by atoms with Crippen molar-refractivity contribution in [1.82, 2.24) is 19.9 Å². The smallest absolute Gasteiger partial charge is 0.261 e. The highest BCUT2D eigenvalue weighted by atomic mass is 16.5. The number of fused-ring (bicyclic) bond motifs is 2. The van der Waals surface area contributed by atoms with Gasteiger partial charge in [-0.05, 0) is 89.9 Å². The van der Waals surface area contributed by atoms with Crippen molar-refractivity contribution in [3.8, 4) is 0 Å². The van der Waals surface area contributed by atoms with Gasteiger partial charge in [-0.25, -0.2) is 0 Å². The number of benzene rings is 1. The fourth-order valence-corrected chi connectivity index (χ4v) is 6.09. The zero-order valence-corrected chi connectivity index (χ0v) is 23.2.